The predicted octanol–water partition coefficient (Wildman–Crippen LogP) is 8.63. The first kappa shape index (κ1) is 23.9. The molecule has 0 aliphatic rings. The van der Waals surface area contributed by atoms with E-state index in [9.17, 15) is 9.59 Å². The van der Waals surface area contributed by atoms with E-state index in [2.05, 4.69) is 70.5 Å². The molecule has 0 unspecified atom stereocenters. The number of pyridine rings is 2. The quantitative estimate of drug-likeness (QED) is 0.159. The van der Waals surface area contributed by atoms with Crippen molar-refractivity contribution < 1.29 is 0 Å². The second-order valence-corrected chi connectivity index (χ2v) is 11.3. The average molecular weight is 553 g/mol. The van der Waals surface area contributed by atoms with Crippen molar-refractivity contribution in [3.63, 3.8) is 0 Å². The van der Waals surface area contributed by atoms with Crippen LogP contribution in [0.5, 0.6) is 0 Å². The van der Waals surface area contributed by atoms with E-state index in [0.29, 0.717) is 27.1 Å². The van der Waals surface area contributed by atoms with E-state index >= 15 is 0 Å². The topological polar surface area (TPSA) is 43.5 Å². The monoisotopic (exact) mass is 552 g/mol. The van der Waals surface area contributed by atoms with Crippen molar-refractivity contribution in [3.8, 4) is 16.8 Å². The molecule has 0 spiro atoms. The van der Waals surface area contributed by atoms with Gasteiger partial charge in [-0.3, -0.25) is 9.59 Å². The highest BCUT2D eigenvalue weighted by atomic mass is 16.1. The lowest BCUT2D eigenvalue weighted by atomic mass is 9.97. The summed E-state index contributed by atoms with van der Waals surface area (Å²) in [7, 11) is 0. The van der Waals surface area contributed by atoms with Gasteiger partial charge in [-0.1, -0.05) is 78.4 Å². The molecule has 0 bridgehead atoms. The van der Waals surface area contributed by atoms with Crippen LogP contribution in [-0.4, -0.2) is 8.97 Å². The van der Waals surface area contributed by atoms with E-state index in [1.165, 1.54) is 5.56 Å². The Morgan fingerprint density at radius 1 is 0.465 bits per heavy atom. The molecule has 4 heteroatoms. The Kier molecular flexibility index (Phi) is 4.80. The van der Waals surface area contributed by atoms with Crippen LogP contribution in [0.4, 0.5) is 0 Å². The lowest BCUT2D eigenvalue weighted by molar-refractivity contribution is 1.18. The fourth-order valence-electron chi connectivity index (χ4n) is 7.00. The standard InChI is InChI=1S/C39H24N2O2/c1-23-18-19-33-30(20-23)31-21-35-32(22-34(31)40(33)25-12-6-3-7-13-25)39(43)29-17-9-16-28-37(29)41(35)36-26(24-10-4-2-5-11-24)14-8-15-27(36)38(28)42/h2-22H,1H3. The zero-order valence-electron chi connectivity index (χ0n) is 23.3. The Bertz CT molecular complexity index is 2700. The van der Waals surface area contributed by atoms with Crippen molar-refractivity contribution in [1.82, 2.24) is 8.97 Å². The molecule has 4 nitrogen and oxygen atoms in total. The molecule has 0 atom stereocenters. The molecule has 0 radical (unpaired) electrons. The number of aryl methyl sites for hydroxylation is 1. The Morgan fingerprint density at radius 3 is 1.81 bits per heavy atom. The highest BCUT2D eigenvalue weighted by Crippen LogP contribution is 2.38. The van der Waals surface area contributed by atoms with Crippen LogP contribution >= 0.6 is 0 Å². The summed E-state index contributed by atoms with van der Waals surface area (Å²) in [6, 6.07) is 42.6. The molecule has 9 rings (SSSR count). The maximum atomic E-state index is 14.3. The van der Waals surface area contributed by atoms with Gasteiger partial charge >= 0.3 is 0 Å². The van der Waals surface area contributed by atoms with E-state index in [1.54, 1.807) is 0 Å². The van der Waals surface area contributed by atoms with Crippen LogP contribution < -0.4 is 10.9 Å². The molecule has 202 valence electrons. The molecule has 0 amide bonds. The second kappa shape index (κ2) is 8.63. The summed E-state index contributed by atoms with van der Waals surface area (Å²) >= 11 is 0. The zero-order chi connectivity index (χ0) is 28.8. The van der Waals surface area contributed by atoms with Gasteiger partial charge in [-0.2, -0.15) is 0 Å². The Labute approximate surface area is 245 Å². The van der Waals surface area contributed by atoms with Crippen molar-refractivity contribution in [3.05, 3.63) is 153 Å². The molecule has 9 aromatic rings. The van der Waals surface area contributed by atoms with E-state index < -0.39 is 0 Å². The minimum Gasteiger partial charge on any atom is -0.309 e. The molecule has 0 aliphatic carbocycles. The van der Waals surface area contributed by atoms with Gasteiger partial charge in [-0.25, -0.2) is 0 Å². The highest BCUT2D eigenvalue weighted by Gasteiger charge is 2.21. The average Bonchev–Trinajstić information content (AvgIpc) is 3.36. The van der Waals surface area contributed by atoms with Gasteiger partial charge in [0.15, 0.2) is 10.9 Å². The van der Waals surface area contributed by atoms with Gasteiger partial charge in [0.05, 0.1) is 27.6 Å². The maximum Gasteiger partial charge on any atom is 0.197 e. The summed E-state index contributed by atoms with van der Waals surface area (Å²) < 4.78 is 4.41. The first-order valence-corrected chi connectivity index (χ1v) is 14.5. The maximum absolute atomic E-state index is 14.3. The number of benzene rings is 6. The summed E-state index contributed by atoms with van der Waals surface area (Å²) in [5.74, 6) is 0. The number of nitrogens with zero attached hydrogens (tertiary/aromatic N) is 2. The Morgan fingerprint density at radius 2 is 1.07 bits per heavy atom. The molecule has 0 aliphatic heterocycles. The van der Waals surface area contributed by atoms with Crippen LogP contribution in [0.2, 0.25) is 0 Å². The largest absolute Gasteiger partial charge is 0.309 e. The fraction of sp³-hybridized carbons (Fsp3) is 0.0256. The third-order valence-corrected chi connectivity index (χ3v) is 8.88. The molecular formula is C39H24N2O2. The van der Waals surface area contributed by atoms with Crippen LogP contribution in [0.3, 0.4) is 0 Å². The molecular weight excluding hydrogens is 528 g/mol. The smallest absolute Gasteiger partial charge is 0.197 e. The summed E-state index contributed by atoms with van der Waals surface area (Å²) in [4.78, 5) is 28.3. The zero-order valence-corrected chi connectivity index (χ0v) is 23.3. The number of hydrogen-bond acceptors (Lipinski definition) is 2. The lowest BCUT2D eigenvalue weighted by Crippen LogP contribution is -2.14. The predicted molar refractivity (Wildman–Crippen MR) is 178 cm³/mol. The van der Waals surface area contributed by atoms with Crippen molar-refractivity contribution in [1.29, 1.82) is 0 Å². The van der Waals surface area contributed by atoms with Crippen LogP contribution in [0.25, 0.3) is 76.7 Å². The number of aromatic nitrogens is 2. The van der Waals surface area contributed by atoms with E-state index in [4.69, 9.17) is 0 Å². The minimum absolute atomic E-state index is 0.0606. The number of fused-ring (bicyclic) bond motifs is 7. The summed E-state index contributed by atoms with van der Waals surface area (Å²) in [5, 5.41) is 4.54. The van der Waals surface area contributed by atoms with Crippen LogP contribution in [0.15, 0.2) is 137 Å². The lowest BCUT2D eigenvalue weighted by Gasteiger charge is -2.17. The second-order valence-electron chi connectivity index (χ2n) is 11.3. The molecule has 0 saturated carbocycles. The van der Waals surface area contributed by atoms with Crippen molar-refractivity contribution >= 4 is 59.9 Å². The van der Waals surface area contributed by atoms with Gasteiger partial charge in [0.25, 0.3) is 0 Å². The van der Waals surface area contributed by atoms with Gasteiger partial charge in [-0.15, -0.1) is 0 Å². The normalized spacial score (nSPS) is 12.0. The van der Waals surface area contributed by atoms with E-state index in [1.807, 2.05) is 72.8 Å². The SMILES string of the molecule is Cc1ccc2c(c1)c1cc3c(cc1n2-c1ccccc1)c(=O)c1cccc2c(=O)c4cccc(-c5ccccc5)c4n3c12. The Hall–Kier alpha value is -5.74. The van der Waals surface area contributed by atoms with Gasteiger partial charge in [0.2, 0.25) is 0 Å². The third-order valence-electron chi connectivity index (χ3n) is 8.88. The minimum atomic E-state index is -0.0699. The van der Waals surface area contributed by atoms with Gasteiger partial charge in [0, 0.05) is 43.6 Å². The molecule has 0 fully saturated rings. The van der Waals surface area contributed by atoms with Crippen molar-refractivity contribution in [2.24, 2.45) is 0 Å². The van der Waals surface area contributed by atoms with Crippen molar-refractivity contribution in [2.75, 3.05) is 0 Å². The summed E-state index contributed by atoms with van der Waals surface area (Å²) in [6.45, 7) is 2.11. The number of hydrogen-bond donors (Lipinski definition) is 0. The van der Waals surface area contributed by atoms with Crippen LogP contribution in [0, 0.1) is 6.92 Å². The molecule has 3 aromatic heterocycles. The molecule has 0 saturated heterocycles. The fourth-order valence-corrected chi connectivity index (χ4v) is 7.00. The molecule has 6 aromatic carbocycles. The van der Waals surface area contributed by atoms with E-state index in [0.717, 1.165) is 49.7 Å². The van der Waals surface area contributed by atoms with Gasteiger partial charge in [-0.05, 0) is 67.1 Å². The first-order chi connectivity index (χ1) is 21.1. The van der Waals surface area contributed by atoms with Crippen LogP contribution in [-0.2, 0) is 0 Å². The summed E-state index contributed by atoms with van der Waals surface area (Å²) in [5.41, 5.74) is 8.38. The summed E-state index contributed by atoms with van der Waals surface area (Å²) in [6.07, 6.45) is 0. The third kappa shape index (κ3) is 3.20. The molecule has 0 N–H and O–H groups in total. The molecule has 3 heterocycles. The van der Waals surface area contributed by atoms with Gasteiger partial charge < -0.3 is 8.97 Å². The van der Waals surface area contributed by atoms with Crippen LogP contribution in [0.1, 0.15) is 5.56 Å². The van der Waals surface area contributed by atoms with E-state index in [-0.39, 0.29) is 10.9 Å². The number of rotatable bonds is 2. The Balaban J connectivity index is 1.59. The van der Waals surface area contributed by atoms with Crippen molar-refractivity contribution in [2.45, 2.75) is 6.92 Å². The first-order valence-electron chi connectivity index (χ1n) is 14.5. The molecule has 43 heavy (non-hydrogen) atoms. The van der Waals surface area contributed by atoms with Gasteiger partial charge in [0.1, 0.15) is 0 Å². The number of para-hydroxylation sites is 3. The highest BCUT2D eigenvalue weighted by molar-refractivity contribution is 6.17.